The van der Waals surface area contributed by atoms with Gasteiger partial charge in [-0.05, 0) is 25.8 Å². The minimum absolute atomic E-state index is 0.0434. The van der Waals surface area contributed by atoms with Gasteiger partial charge in [0.2, 0.25) is 0 Å². The van der Waals surface area contributed by atoms with Gasteiger partial charge >= 0.3 is 6.09 Å². The Morgan fingerprint density at radius 3 is 2.89 bits per heavy atom. The van der Waals surface area contributed by atoms with Crippen LogP contribution in [0.15, 0.2) is 24.3 Å². The van der Waals surface area contributed by atoms with Gasteiger partial charge in [-0.25, -0.2) is 9.78 Å². The first-order valence-corrected chi connectivity index (χ1v) is 9.41. The minimum Gasteiger partial charge on any atom is -0.496 e. The number of nitrogens with two attached hydrogens (primary N) is 1. The zero-order valence-corrected chi connectivity index (χ0v) is 15.9. The second-order valence-corrected chi connectivity index (χ2v) is 6.98. The van der Waals surface area contributed by atoms with Crippen molar-refractivity contribution in [3.8, 4) is 22.9 Å². The van der Waals surface area contributed by atoms with Crippen molar-refractivity contribution in [3.05, 3.63) is 41.1 Å². The van der Waals surface area contributed by atoms with Gasteiger partial charge in [-0.3, -0.25) is 4.90 Å². The molecule has 0 spiro atoms. The third kappa shape index (κ3) is 2.64. The lowest BCUT2D eigenvalue weighted by atomic mass is 9.86. The predicted octanol–water partition coefficient (Wildman–Crippen LogP) is 3.43. The van der Waals surface area contributed by atoms with E-state index in [-0.39, 0.29) is 24.0 Å². The highest BCUT2D eigenvalue weighted by molar-refractivity contribution is 5.84. The maximum Gasteiger partial charge on any atom is 0.410 e. The van der Waals surface area contributed by atoms with Crippen LogP contribution in [-0.2, 0) is 11.2 Å². The van der Waals surface area contributed by atoms with E-state index >= 15 is 0 Å². The summed E-state index contributed by atoms with van der Waals surface area (Å²) >= 11 is 0. The van der Waals surface area contributed by atoms with Crippen molar-refractivity contribution in [3.63, 3.8) is 0 Å². The van der Waals surface area contributed by atoms with Crippen LogP contribution in [0.5, 0.6) is 5.75 Å². The Morgan fingerprint density at radius 2 is 2.18 bits per heavy atom. The molecule has 0 saturated carbocycles. The summed E-state index contributed by atoms with van der Waals surface area (Å²) in [4.78, 5) is 19.0. The van der Waals surface area contributed by atoms with E-state index in [1.807, 2.05) is 29.2 Å². The fourth-order valence-corrected chi connectivity index (χ4v) is 4.49. The SMILES string of the molecule is CCOC(=O)N1[C@H]2CC[C@@H]1c1c(nc(N)c(C#N)c1-c1ccccc1OC)C2. The van der Waals surface area contributed by atoms with Gasteiger partial charge < -0.3 is 15.2 Å². The van der Waals surface area contributed by atoms with E-state index in [0.717, 1.165) is 29.7 Å². The van der Waals surface area contributed by atoms with Crippen LogP contribution in [-0.4, -0.2) is 35.7 Å². The fourth-order valence-electron chi connectivity index (χ4n) is 4.49. The van der Waals surface area contributed by atoms with Gasteiger partial charge in [0, 0.05) is 29.2 Å². The van der Waals surface area contributed by atoms with Crippen molar-refractivity contribution in [2.75, 3.05) is 19.5 Å². The quantitative estimate of drug-likeness (QED) is 0.878. The molecule has 2 aromatic rings. The molecule has 7 nitrogen and oxygen atoms in total. The Hall–Kier alpha value is -3.27. The van der Waals surface area contributed by atoms with Crippen molar-refractivity contribution in [1.82, 2.24) is 9.88 Å². The van der Waals surface area contributed by atoms with E-state index in [4.69, 9.17) is 15.2 Å². The molecule has 7 heteroatoms. The number of methoxy groups -OCH3 is 1. The third-order valence-electron chi connectivity index (χ3n) is 5.57. The van der Waals surface area contributed by atoms with Gasteiger partial charge in [0.05, 0.1) is 25.5 Å². The monoisotopic (exact) mass is 378 g/mol. The number of carbonyl (C=O) groups excluding carboxylic acids is 1. The molecule has 0 aliphatic carbocycles. The van der Waals surface area contributed by atoms with Crippen LogP contribution in [0.1, 0.15) is 42.6 Å². The largest absolute Gasteiger partial charge is 0.496 e. The number of nitriles is 1. The summed E-state index contributed by atoms with van der Waals surface area (Å²) in [6.45, 7) is 2.12. The van der Waals surface area contributed by atoms with E-state index in [1.54, 1.807) is 14.0 Å². The Bertz CT molecular complexity index is 982. The molecule has 0 unspecified atom stereocenters. The summed E-state index contributed by atoms with van der Waals surface area (Å²) in [5.41, 5.74) is 9.70. The molecule has 4 rings (SSSR count). The van der Waals surface area contributed by atoms with Crippen molar-refractivity contribution >= 4 is 11.9 Å². The lowest BCUT2D eigenvalue weighted by molar-refractivity contribution is 0.0835. The zero-order valence-electron chi connectivity index (χ0n) is 15.9. The number of nitrogen functional groups attached to an aromatic ring is 1. The Kier molecular flexibility index (Phi) is 4.55. The second kappa shape index (κ2) is 7.04. The first kappa shape index (κ1) is 18.1. The van der Waals surface area contributed by atoms with E-state index in [0.29, 0.717) is 29.9 Å². The number of amides is 1. The smallest absolute Gasteiger partial charge is 0.410 e. The Labute approximate surface area is 163 Å². The van der Waals surface area contributed by atoms with Crippen LogP contribution < -0.4 is 10.5 Å². The number of rotatable bonds is 3. The number of nitrogens with zero attached hydrogens (tertiary/aromatic N) is 3. The molecule has 1 fully saturated rings. The topological polar surface area (TPSA) is 101 Å². The molecule has 3 heterocycles. The van der Waals surface area contributed by atoms with E-state index in [2.05, 4.69) is 11.1 Å². The first-order valence-electron chi connectivity index (χ1n) is 9.41. The van der Waals surface area contributed by atoms with Crippen LogP contribution in [0.25, 0.3) is 11.1 Å². The van der Waals surface area contributed by atoms with Crippen molar-refractivity contribution in [1.29, 1.82) is 5.26 Å². The molecule has 0 radical (unpaired) electrons. The number of aromatic nitrogens is 1. The van der Waals surface area contributed by atoms with Crippen LogP contribution in [0.2, 0.25) is 0 Å². The highest BCUT2D eigenvalue weighted by atomic mass is 16.6. The van der Waals surface area contributed by atoms with Crippen molar-refractivity contribution in [2.24, 2.45) is 0 Å². The van der Waals surface area contributed by atoms with Gasteiger partial charge in [0.1, 0.15) is 23.2 Å². The van der Waals surface area contributed by atoms with Crippen molar-refractivity contribution in [2.45, 2.75) is 38.3 Å². The molecular weight excluding hydrogens is 356 g/mol. The summed E-state index contributed by atoms with van der Waals surface area (Å²) in [5.74, 6) is 0.862. The average molecular weight is 378 g/mol. The predicted molar refractivity (Wildman–Crippen MR) is 104 cm³/mol. The molecule has 2 aliphatic heterocycles. The minimum atomic E-state index is -0.318. The maximum atomic E-state index is 12.6. The molecular formula is C21H22N4O3. The Balaban J connectivity index is 1.97. The number of carbonyl (C=O) groups is 1. The lowest BCUT2D eigenvalue weighted by Crippen LogP contribution is -2.43. The molecule has 1 aromatic heterocycles. The number of ether oxygens (including phenoxy) is 2. The molecule has 144 valence electrons. The maximum absolute atomic E-state index is 12.6. The number of para-hydroxylation sites is 1. The van der Waals surface area contributed by atoms with Gasteiger partial charge in [-0.2, -0.15) is 5.26 Å². The van der Waals surface area contributed by atoms with Gasteiger partial charge in [0.15, 0.2) is 0 Å². The van der Waals surface area contributed by atoms with E-state index < -0.39 is 0 Å². The number of pyridine rings is 1. The van der Waals surface area contributed by atoms with Crippen molar-refractivity contribution < 1.29 is 14.3 Å². The summed E-state index contributed by atoms with van der Waals surface area (Å²) in [6, 6.07) is 9.60. The van der Waals surface area contributed by atoms with Gasteiger partial charge in [-0.15, -0.1) is 0 Å². The fraction of sp³-hybridized carbons (Fsp3) is 0.381. The molecule has 1 amide bonds. The summed E-state index contributed by atoms with van der Waals surface area (Å²) in [7, 11) is 1.60. The second-order valence-electron chi connectivity index (χ2n) is 6.98. The van der Waals surface area contributed by atoms with Crippen LogP contribution >= 0.6 is 0 Å². The number of hydrogen-bond acceptors (Lipinski definition) is 6. The molecule has 2 atom stereocenters. The average Bonchev–Trinajstić information content (AvgIpc) is 3.02. The number of hydrogen-bond donors (Lipinski definition) is 1. The molecule has 1 saturated heterocycles. The standard InChI is InChI=1S/C21H22N4O3/c1-3-28-21(26)25-12-8-9-16(25)19-15(10-12)24-20(23)14(11-22)18(19)13-6-4-5-7-17(13)27-2/h4-7,12,16H,3,8-10H2,1-2H3,(H2,23,24)/t12-,16+/m0/s1. The summed E-state index contributed by atoms with van der Waals surface area (Å²) in [5, 5.41) is 9.84. The third-order valence-corrected chi connectivity index (χ3v) is 5.57. The number of benzene rings is 1. The Morgan fingerprint density at radius 1 is 1.39 bits per heavy atom. The number of fused-ring (bicyclic) bond motifs is 4. The zero-order chi connectivity index (χ0) is 19.8. The summed E-state index contributed by atoms with van der Waals surface area (Å²) < 4.78 is 10.8. The summed E-state index contributed by atoms with van der Waals surface area (Å²) in [6.07, 6.45) is 1.95. The normalized spacial score (nSPS) is 19.7. The molecule has 2 bridgehead atoms. The number of anilines is 1. The van der Waals surface area contributed by atoms with Gasteiger partial charge in [0.25, 0.3) is 0 Å². The van der Waals surface area contributed by atoms with Crippen LogP contribution in [0, 0.1) is 11.3 Å². The molecule has 2 N–H and O–H groups in total. The highest BCUT2D eigenvalue weighted by Gasteiger charge is 2.46. The van der Waals surface area contributed by atoms with Crippen LogP contribution in [0.4, 0.5) is 10.6 Å². The van der Waals surface area contributed by atoms with E-state index in [9.17, 15) is 10.1 Å². The van der Waals surface area contributed by atoms with E-state index in [1.165, 1.54) is 0 Å². The molecule has 28 heavy (non-hydrogen) atoms. The highest BCUT2D eigenvalue weighted by Crippen LogP contribution is 2.50. The van der Waals surface area contributed by atoms with Crippen LogP contribution in [0.3, 0.4) is 0 Å². The molecule has 1 aromatic carbocycles. The lowest BCUT2D eigenvalue weighted by Gasteiger charge is -2.36. The van der Waals surface area contributed by atoms with Gasteiger partial charge in [-0.1, -0.05) is 18.2 Å². The molecule has 2 aliphatic rings. The first-order chi connectivity index (χ1) is 13.6.